The molecule has 1 saturated heterocycles. The number of rotatable bonds is 5. The summed E-state index contributed by atoms with van der Waals surface area (Å²) in [5.41, 5.74) is 1.00. The Bertz CT molecular complexity index is 1330. The van der Waals surface area contributed by atoms with Crippen molar-refractivity contribution >= 4 is 28.9 Å². The number of aromatic amines is 1. The Labute approximate surface area is 192 Å². The van der Waals surface area contributed by atoms with E-state index >= 15 is 0 Å². The number of nitrogens with zero attached hydrogens (tertiary/aromatic N) is 5. The molecule has 0 radical (unpaired) electrons. The average Bonchev–Trinajstić information content (AvgIpc) is 3.47. The lowest BCUT2D eigenvalue weighted by molar-refractivity contribution is -0.137. The second-order valence-electron chi connectivity index (χ2n) is 8.01. The van der Waals surface area contributed by atoms with E-state index in [9.17, 15) is 18.0 Å². The summed E-state index contributed by atoms with van der Waals surface area (Å²) in [6.07, 6.45) is -2.69. The Hall–Kier alpha value is -3.93. The summed E-state index contributed by atoms with van der Waals surface area (Å²) in [6, 6.07) is 9.10. The second-order valence-corrected chi connectivity index (χ2v) is 8.01. The maximum absolute atomic E-state index is 13.3. The van der Waals surface area contributed by atoms with Gasteiger partial charge in [0, 0.05) is 43.2 Å². The minimum absolute atomic E-state index is 0.194. The van der Waals surface area contributed by atoms with Crippen molar-refractivity contribution in [3.05, 3.63) is 65.5 Å². The van der Waals surface area contributed by atoms with Crippen molar-refractivity contribution in [2.45, 2.75) is 19.1 Å². The topological polar surface area (TPSA) is 103 Å². The molecule has 1 aromatic carbocycles. The van der Waals surface area contributed by atoms with Crippen LogP contribution in [0.15, 0.2) is 48.7 Å². The van der Waals surface area contributed by atoms with Crippen LogP contribution < -0.4 is 15.5 Å². The molecule has 4 heterocycles. The average molecular weight is 470 g/mol. The summed E-state index contributed by atoms with van der Waals surface area (Å²) in [6.45, 7) is 3.25. The molecule has 34 heavy (non-hydrogen) atoms. The van der Waals surface area contributed by atoms with Gasteiger partial charge in [0.1, 0.15) is 11.6 Å². The Morgan fingerprint density at radius 2 is 2.00 bits per heavy atom. The van der Waals surface area contributed by atoms with Crippen molar-refractivity contribution < 1.29 is 18.0 Å². The third kappa shape index (κ3) is 4.19. The van der Waals surface area contributed by atoms with Crippen molar-refractivity contribution in [2.75, 3.05) is 29.9 Å². The third-order valence-corrected chi connectivity index (χ3v) is 5.63. The van der Waals surface area contributed by atoms with Crippen LogP contribution in [0.5, 0.6) is 0 Å². The molecule has 1 aliphatic heterocycles. The van der Waals surface area contributed by atoms with Crippen LogP contribution in [0.1, 0.15) is 21.6 Å². The first-order valence-corrected chi connectivity index (χ1v) is 10.6. The molecule has 4 aromatic rings. The molecule has 176 valence electrons. The van der Waals surface area contributed by atoms with E-state index in [0.717, 1.165) is 23.3 Å². The van der Waals surface area contributed by atoms with Gasteiger partial charge in [-0.25, -0.2) is 4.52 Å². The maximum atomic E-state index is 13.3. The molecule has 5 rings (SSSR count). The van der Waals surface area contributed by atoms with Crippen LogP contribution >= 0.6 is 0 Å². The molecule has 0 aliphatic carbocycles. The SMILES string of the molecule is Cc1cc(Nc2nc(N3CCNCC3C(=O)c3ccc(C(F)(F)F)cc3)nn3cccc23)n[nH]1. The molecule has 0 saturated carbocycles. The lowest BCUT2D eigenvalue weighted by Gasteiger charge is -2.35. The van der Waals surface area contributed by atoms with Gasteiger partial charge in [0.05, 0.1) is 5.56 Å². The van der Waals surface area contributed by atoms with E-state index in [2.05, 4.69) is 30.9 Å². The Morgan fingerprint density at radius 1 is 1.21 bits per heavy atom. The van der Waals surface area contributed by atoms with Crippen molar-refractivity contribution in [3.8, 4) is 0 Å². The van der Waals surface area contributed by atoms with Crippen molar-refractivity contribution in [3.63, 3.8) is 0 Å². The van der Waals surface area contributed by atoms with E-state index < -0.39 is 17.8 Å². The summed E-state index contributed by atoms with van der Waals surface area (Å²) in [7, 11) is 0. The largest absolute Gasteiger partial charge is 0.416 e. The number of aromatic nitrogens is 5. The van der Waals surface area contributed by atoms with Gasteiger partial charge < -0.3 is 15.5 Å². The molecule has 0 amide bonds. The van der Waals surface area contributed by atoms with Crippen LogP contribution in [0, 0.1) is 6.92 Å². The van der Waals surface area contributed by atoms with Gasteiger partial charge in [-0.1, -0.05) is 12.1 Å². The number of alkyl halides is 3. The zero-order valence-electron chi connectivity index (χ0n) is 18.1. The Morgan fingerprint density at radius 3 is 2.71 bits per heavy atom. The molecule has 1 aliphatic rings. The lowest BCUT2D eigenvalue weighted by Crippen LogP contribution is -2.55. The van der Waals surface area contributed by atoms with E-state index in [0.29, 0.717) is 37.2 Å². The molecule has 0 bridgehead atoms. The molecule has 1 unspecified atom stereocenters. The molecule has 9 nitrogen and oxygen atoms in total. The van der Waals surface area contributed by atoms with Crippen LogP contribution in [0.2, 0.25) is 0 Å². The first-order chi connectivity index (χ1) is 16.3. The predicted molar refractivity (Wildman–Crippen MR) is 119 cm³/mol. The Balaban J connectivity index is 1.48. The van der Waals surface area contributed by atoms with E-state index in [4.69, 9.17) is 0 Å². The highest BCUT2D eigenvalue weighted by Gasteiger charge is 2.34. The van der Waals surface area contributed by atoms with E-state index in [1.807, 2.05) is 25.1 Å². The highest BCUT2D eigenvalue weighted by atomic mass is 19.4. The van der Waals surface area contributed by atoms with Crippen molar-refractivity contribution in [2.24, 2.45) is 0 Å². The fraction of sp³-hybridized carbons (Fsp3) is 0.273. The Kier molecular flexibility index (Phi) is 5.44. The number of benzene rings is 1. The maximum Gasteiger partial charge on any atom is 0.416 e. The highest BCUT2D eigenvalue weighted by Crippen LogP contribution is 2.30. The number of halogens is 3. The van der Waals surface area contributed by atoms with Gasteiger partial charge in [-0.3, -0.25) is 9.89 Å². The summed E-state index contributed by atoms with van der Waals surface area (Å²) >= 11 is 0. The van der Waals surface area contributed by atoms with Gasteiger partial charge in [0.2, 0.25) is 5.95 Å². The standard InChI is InChI=1S/C22H21F3N8O/c1-13-11-18(30-29-13)27-20-16-3-2-9-33(16)31-21(28-20)32-10-8-26-12-17(32)19(34)14-4-6-15(7-5-14)22(23,24)25/h2-7,9,11,17,26H,8,10,12H2,1H3,(H2,27,28,29,30,31). The molecule has 0 spiro atoms. The van der Waals surface area contributed by atoms with Crippen molar-refractivity contribution in [1.29, 1.82) is 0 Å². The van der Waals surface area contributed by atoms with Gasteiger partial charge >= 0.3 is 6.18 Å². The number of piperazine rings is 1. The molecular weight excluding hydrogens is 449 g/mol. The fourth-order valence-electron chi connectivity index (χ4n) is 3.93. The zero-order valence-corrected chi connectivity index (χ0v) is 18.1. The number of hydrogen-bond acceptors (Lipinski definition) is 7. The van der Waals surface area contributed by atoms with E-state index in [1.54, 1.807) is 15.6 Å². The van der Waals surface area contributed by atoms with Gasteiger partial charge in [-0.15, -0.1) is 5.10 Å². The molecule has 3 aromatic heterocycles. The number of anilines is 3. The van der Waals surface area contributed by atoms with E-state index in [1.165, 1.54) is 12.1 Å². The minimum Gasteiger partial charge on any atom is -0.327 e. The zero-order chi connectivity index (χ0) is 23.9. The predicted octanol–water partition coefficient (Wildman–Crippen LogP) is 3.18. The lowest BCUT2D eigenvalue weighted by atomic mass is 10.00. The van der Waals surface area contributed by atoms with Gasteiger partial charge in [0.15, 0.2) is 17.4 Å². The monoisotopic (exact) mass is 470 g/mol. The van der Waals surface area contributed by atoms with Gasteiger partial charge in [0.25, 0.3) is 0 Å². The van der Waals surface area contributed by atoms with Crippen LogP contribution in [-0.4, -0.2) is 56.3 Å². The number of aryl methyl sites for hydroxylation is 1. The molecule has 12 heteroatoms. The summed E-state index contributed by atoms with van der Waals surface area (Å²) in [4.78, 5) is 19.7. The van der Waals surface area contributed by atoms with Crippen LogP contribution in [0.25, 0.3) is 5.52 Å². The number of fused-ring (bicyclic) bond motifs is 1. The number of ketones is 1. The number of carbonyl (C=O) groups is 1. The third-order valence-electron chi connectivity index (χ3n) is 5.63. The number of nitrogens with one attached hydrogen (secondary N) is 3. The summed E-state index contributed by atoms with van der Waals surface area (Å²) in [5, 5.41) is 18.0. The number of hydrogen-bond donors (Lipinski definition) is 3. The molecular formula is C22H21F3N8O. The first kappa shape index (κ1) is 21.9. The summed E-state index contributed by atoms with van der Waals surface area (Å²) in [5.74, 6) is 1.11. The normalized spacial score (nSPS) is 16.7. The minimum atomic E-state index is -4.46. The van der Waals surface area contributed by atoms with Gasteiger partial charge in [-0.05, 0) is 31.2 Å². The number of carbonyl (C=O) groups excluding carboxylic acids is 1. The van der Waals surface area contributed by atoms with Crippen LogP contribution in [-0.2, 0) is 6.18 Å². The highest BCUT2D eigenvalue weighted by molar-refractivity contribution is 6.02. The quantitative estimate of drug-likeness (QED) is 0.385. The van der Waals surface area contributed by atoms with Gasteiger partial charge in [-0.2, -0.15) is 23.3 Å². The number of Topliss-reactive ketones (excluding diaryl/α,β-unsaturated/α-hetero) is 1. The fourth-order valence-corrected chi connectivity index (χ4v) is 3.93. The van der Waals surface area contributed by atoms with Crippen molar-refractivity contribution in [1.82, 2.24) is 30.1 Å². The summed E-state index contributed by atoms with van der Waals surface area (Å²) < 4.78 is 40.4. The van der Waals surface area contributed by atoms with E-state index in [-0.39, 0.29) is 11.3 Å². The first-order valence-electron chi connectivity index (χ1n) is 10.6. The molecule has 1 fully saturated rings. The molecule has 3 N–H and O–H groups in total. The smallest absolute Gasteiger partial charge is 0.327 e. The van der Waals surface area contributed by atoms with Crippen LogP contribution in [0.4, 0.5) is 30.8 Å². The number of H-pyrrole nitrogens is 1. The van der Waals surface area contributed by atoms with Crippen LogP contribution in [0.3, 0.4) is 0 Å². The second kappa shape index (κ2) is 8.45. The molecule has 1 atom stereocenters.